The monoisotopic (exact) mass is 812 g/mol. The predicted octanol–water partition coefficient (Wildman–Crippen LogP) is 9.68. The summed E-state index contributed by atoms with van der Waals surface area (Å²) in [5, 5.41) is 7.84. The van der Waals surface area contributed by atoms with Gasteiger partial charge in [0.1, 0.15) is 11.5 Å². The normalized spacial score (nSPS) is 11.8. The van der Waals surface area contributed by atoms with Gasteiger partial charge < -0.3 is 33.5 Å². The quantitative estimate of drug-likeness (QED) is 0.121. The lowest BCUT2D eigenvalue weighted by molar-refractivity contribution is -0.275. The van der Waals surface area contributed by atoms with Crippen LogP contribution in [-0.2, 0) is 12.4 Å². The molecule has 0 atom stereocenters. The third kappa shape index (κ3) is 12.1. The summed E-state index contributed by atoms with van der Waals surface area (Å²) in [5.74, 6) is -5.73. The van der Waals surface area contributed by atoms with E-state index in [4.69, 9.17) is 35.7 Å². The number of alkyl halides is 12. The number of halogens is 13. The van der Waals surface area contributed by atoms with E-state index in [1.807, 2.05) is 0 Å². The number of carbonyl (C=O) groups excluding carboxylic acids is 1. The molecule has 54 heavy (non-hydrogen) atoms. The van der Waals surface area contributed by atoms with E-state index >= 15 is 0 Å². The molecule has 2 aromatic carbocycles. The Morgan fingerprint density at radius 2 is 0.944 bits per heavy atom. The van der Waals surface area contributed by atoms with E-state index in [2.05, 4.69) is 19.4 Å². The minimum absolute atomic E-state index is 0.299. The number of hydrogen-bond acceptors (Lipinski definition) is 10. The van der Waals surface area contributed by atoms with Crippen molar-refractivity contribution in [2.24, 2.45) is 0 Å². The van der Waals surface area contributed by atoms with Gasteiger partial charge in [-0.3, -0.25) is 4.79 Å². The summed E-state index contributed by atoms with van der Waals surface area (Å²) in [6.07, 6.45) is -18.8. The maximum atomic E-state index is 12.8. The second kappa shape index (κ2) is 16.4. The Morgan fingerprint density at radius 3 is 1.26 bits per heavy atom. The van der Waals surface area contributed by atoms with E-state index in [1.54, 1.807) is 0 Å². The molecule has 24 heteroatoms. The van der Waals surface area contributed by atoms with Crippen LogP contribution in [0.4, 0.5) is 52.7 Å². The van der Waals surface area contributed by atoms with Crippen LogP contribution in [-0.4, -0.2) is 53.2 Å². The van der Waals surface area contributed by atoms with Crippen LogP contribution in [0, 0.1) is 0 Å². The predicted molar refractivity (Wildman–Crippen MR) is 155 cm³/mol. The first-order chi connectivity index (χ1) is 24.8. The molecular weight excluding hydrogens is 796 g/mol. The second-order valence-electron chi connectivity index (χ2n) is 9.64. The number of carbonyl (C=O) groups is 2. The van der Waals surface area contributed by atoms with Gasteiger partial charge in [0.25, 0.3) is 5.24 Å². The van der Waals surface area contributed by atoms with E-state index in [-0.39, 0.29) is 23.0 Å². The van der Waals surface area contributed by atoms with Crippen molar-refractivity contribution in [3.8, 4) is 46.0 Å². The largest absolute Gasteiger partial charge is 0.573 e. The molecule has 2 aromatic heterocycles. The molecule has 11 nitrogen and oxygen atoms in total. The van der Waals surface area contributed by atoms with Crippen molar-refractivity contribution in [3.63, 3.8) is 0 Å². The fourth-order valence-corrected chi connectivity index (χ4v) is 3.90. The highest BCUT2D eigenvalue weighted by Gasteiger charge is 2.35. The van der Waals surface area contributed by atoms with Crippen molar-refractivity contribution in [1.82, 2.24) is 9.97 Å². The maximum absolute atomic E-state index is 12.8. The number of aromatic carboxylic acids is 1. The van der Waals surface area contributed by atoms with Gasteiger partial charge in [0.2, 0.25) is 0 Å². The van der Waals surface area contributed by atoms with Crippen molar-refractivity contribution in [3.05, 3.63) is 83.4 Å². The van der Waals surface area contributed by atoms with E-state index in [0.29, 0.717) is 24.5 Å². The van der Waals surface area contributed by atoms with Gasteiger partial charge >= 0.3 is 31.0 Å². The van der Waals surface area contributed by atoms with Crippen LogP contribution in [0.1, 0.15) is 32.1 Å². The average molecular weight is 813 g/mol. The van der Waals surface area contributed by atoms with Gasteiger partial charge in [-0.2, -0.15) is 26.3 Å². The number of aromatic nitrogens is 2. The third-order valence-corrected chi connectivity index (χ3v) is 6.11. The smallest absolute Gasteiger partial charge is 0.493 e. The van der Waals surface area contributed by atoms with Gasteiger partial charge in [-0.1, -0.05) is 0 Å². The van der Waals surface area contributed by atoms with E-state index in [0.717, 1.165) is 50.6 Å². The molecule has 4 rings (SSSR count). The maximum Gasteiger partial charge on any atom is 0.573 e. The summed E-state index contributed by atoms with van der Waals surface area (Å²) >= 11 is 5.27. The zero-order valence-corrected chi connectivity index (χ0v) is 27.1. The molecule has 0 aliphatic rings. The van der Waals surface area contributed by atoms with Crippen LogP contribution in [0.2, 0.25) is 0 Å². The molecule has 0 spiro atoms. The summed E-state index contributed by atoms with van der Waals surface area (Å²) in [7, 11) is 2.14. The molecule has 4 aromatic rings. The Bertz CT molecular complexity index is 1840. The summed E-state index contributed by atoms with van der Waals surface area (Å²) in [6.45, 7) is 0. The van der Waals surface area contributed by atoms with Gasteiger partial charge in [0.05, 0.1) is 25.3 Å². The zero-order chi connectivity index (χ0) is 40.8. The van der Waals surface area contributed by atoms with Crippen LogP contribution in [0.5, 0.6) is 46.0 Å². The number of carboxylic acid groups (broad SMARTS) is 1. The first-order valence-electron chi connectivity index (χ1n) is 13.6. The lowest BCUT2D eigenvalue weighted by Crippen LogP contribution is -2.17. The van der Waals surface area contributed by atoms with Crippen molar-refractivity contribution < 1.29 is 95.8 Å². The molecule has 0 fully saturated rings. The lowest BCUT2D eigenvalue weighted by atomic mass is 10.2. The Balaban J connectivity index is 0.000000290. The molecular formula is C30H17ClF12N2O9. The van der Waals surface area contributed by atoms with E-state index < -0.39 is 81.8 Å². The molecule has 0 amide bonds. The number of benzene rings is 2. The Hall–Kier alpha value is -5.87. The molecule has 0 saturated carbocycles. The molecule has 292 valence electrons. The first kappa shape index (κ1) is 42.5. The highest BCUT2D eigenvalue weighted by Crippen LogP contribution is 2.41. The van der Waals surface area contributed by atoms with Gasteiger partial charge in [-0.25, -0.2) is 14.8 Å². The lowest BCUT2D eigenvalue weighted by Gasteiger charge is -2.15. The van der Waals surface area contributed by atoms with Crippen molar-refractivity contribution in [1.29, 1.82) is 0 Å². The SMILES string of the molecule is COc1cc(OC(F)(F)F)ccc1Oc1cc(C(F)(F)F)cnc1C(=O)Cl.COc1cc(OC(F)(F)F)ccc1Oc1cc(C(F)(F)F)cnc1C(=O)O. The summed E-state index contributed by atoms with van der Waals surface area (Å²) in [5.41, 5.74) is -3.96. The number of rotatable bonds is 10. The summed E-state index contributed by atoms with van der Waals surface area (Å²) in [4.78, 5) is 29.0. The second-order valence-corrected chi connectivity index (χ2v) is 9.98. The van der Waals surface area contributed by atoms with Crippen LogP contribution >= 0.6 is 11.6 Å². The molecule has 0 unspecified atom stereocenters. The molecule has 0 saturated heterocycles. The highest BCUT2D eigenvalue weighted by molar-refractivity contribution is 6.67. The third-order valence-electron chi connectivity index (χ3n) is 5.93. The highest BCUT2D eigenvalue weighted by atomic mass is 35.5. The topological polar surface area (TPSA) is 136 Å². The van der Waals surface area contributed by atoms with Gasteiger partial charge in [0.15, 0.2) is 45.9 Å². The molecule has 0 bridgehead atoms. The average Bonchev–Trinajstić information content (AvgIpc) is 3.04. The molecule has 0 radical (unpaired) electrons. The van der Waals surface area contributed by atoms with Crippen LogP contribution in [0.15, 0.2) is 60.9 Å². The number of hydrogen-bond donors (Lipinski definition) is 1. The standard InChI is InChI=1S/C15H8ClF6NO4.C15H9F6NO5/c1-25-10-5-8(27-15(20,21)22)2-3-9(10)26-11-4-7(14(17,18)19)6-23-12(11)13(16)24;1-25-10-5-8(27-15(19,20)21)2-3-9(10)26-11-4-7(14(16,17)18)6-22-12(11)13(23)24/h2-6H,1H3;2-6H,1H3,(H,23,24). The Kier molecular flexibility index (Phi) is 12.9. The fraction of sp³-hybridized carbons (Fsp3) is 0.200. The van der Waals surface area contributed by atoms with Crippen LogP contribution in [0.25, 0.3) is 0 Å². The molecule has 2 heterocycles. The minimum Gasteiger partial charge on any atom is -0.493 e. The van der Waals surface area contributed by atoms with Crippen LogP contribution < -0.4 is 28.4 Å². The first-order valence-corrected chi connectivity index (χ1v) is 14.0. The fourth-order valence-electron chi connectivity index (χ4n) is 3.76. The van der Waals surface area contributed by atoms with Crippen molar-refractivity contribution >= 4 is 22.8 Å². The van der Waals surface area contributed by atoms with Crippen molar-refractivity contribution in [2.45, 2.75) is 25.1 Å². The number of nitrogens with zero attached hydrogens (tertiary/aromatic N) is 2. The summed E-state index contributed by atoms with van der Waals surface area (Å²) < 4.78 is 178. The number of methoxy groups -OCH3 is 2. The Morgan fingerprint density at radius 1 is 0.574 bits per heavy atom. The zero-order valence-electron chi connectivity index (χ0n) is 26.3. The van der Waals surface area contributed by atoms with Crippen molar-refractivity contribution in [2.75, 3.05) is 14.2 Å². The Labute approximate surface area is 297 Å². The van der Waals surface area contributed by atoms with E-state index in [1.165, 1.54) is 0 Å². The number of ether oxygens (including phenoxy) is 6. The molecule has 0 aliphatic heterocycles. The molecule has 0 aliphatic carbocycles. The van der Waals surface area contributed by atoms with Gasteiger partial charge in [-0.05, 0) is 48.0 Å². The number of carboxylic acids is 1. The molecule has 1 N–H and O–H groups in total. The van der Waals surface area contributed by atoms with Gasteiger partial charge in [0, 0.05) is 24.5 Å². The van der Waals surface area contributed by atoms with E-state index in [9.17, 15) is 62.3 Å². The van der Waals surface area contributed by atoms with Crippen LogP contribution in [0.3, 0.4) is 0 Å². The summed E-state index contributed by atoms with van der Waals surface area (Å²) in [6, 6.07) is 5.95. The minimum atomic E-state index is -4.98. The number of pyridine rings is 2. The van der Waals surface area contributed by atoms with Gasteiger partial charge in [-0.15, -0.1) is 26.3 Å².